The minimum absolute atomic E-state index is 0.0430. The van der Waals surface area contributed by atoms with Gasteiger partial charge in [0.15, 0.2) is 0 Å². The van der Waals surface area contributed by atoms with Crippen LogP contribution in [0, 0.1) is 11.7 Å². The maximum Gasteiger partial charge on any atom is 0.147 e. The van der Waals surface area contributed by atoms with Crippen molar-refractivity contribution < 1.29 is 14.0 Å². The van der Waals surface area contributed by atoms with Crippen LogP contribution in [-0.4, -0.2) is 11.6 Å². The van der Waals surface area contributed by atoms with Gasteiger partial charge in [-0.05, 0) is 30.5 Å². The predicted octanol–water partition coefficient (Wildman–Crippen LogP) is 2.31. The first-order valence-electron chi connectivity index (χ1n) is 5.46. The number of benzene rings is 1. The minimum Gasteiger partial charge on any atom is -0.299 e. The summed E-state index contributed by atoms with van der Waals surface area (Å²) in [5.41, 5.74) is 0.643. The first-order valence-corrected chi connectivity index (χ1v) is 5.46. The van der Waals surface area contributed by atoms with Gasteiger partial charge in [0.05, 0.1) is 5.92 Å². The Morgan fingerprint density at radius 1 is 1.44 bits per heavy atom. The van der Waals surface area contributed by atoms with Crippen LogP contribution in [0.1, 0.15) is 24.8 Å². The molecule has 0 aliphatic heterocycles. The van der Waals surface area contributed by atoms with Crippen molar-refractivity contribution in [3.8, 4) is 0 Å². The van der Waals surface area contributed by atoms with E-state index in [0.29, 0.717) is 18.4 Å². The van der Waals surface area contributed by atoms with E-state index in [2.05, 4.69) is 0 Å². The lowest BCUT2D eigenvalue weighted by Crippen LogP contribution is -2.20. The van der Waals surface area contributed by atoms with Crippen molar-refractivity contribution in [2.75, 3.05) is 0 Å². The van der Waals surface area contributed by atoms with E-state index in [0.717, 1.165) is 6.42 Å². The summed E-state index contributed by atoms with van der Waals surface area (Å²) in [6, 6.07) is 5.97. The molecule has 0 heterocycles. The average Bonchev–Trinajstić information content (AvgIpc) is 2.64. The standard InChI is InChI=1S/C13H13FO2/c14-10-4-1-3-9(7-10)8-13(16)11-5-2-6-12(11)15/h1,3-4,7,11H,2,5-6,8H2. The van der Waals surface area contributed by atoms with Crippen LogP contribution in [-0.2, 0) is 16.0 Å². The number of halogens is 1. The van der Waals surface area contributed by atoms with Gasteiger partial charge >= 0.3 is 0 Å². The summed E-state index contributed by atoms with van der Waals surface area (Å²) in [7, 11) is 0. The van der Waals surface area contributed by atoms with Crippen LogP contribution in [0.3, 0.4) is 0 Å². The van der Waals surface area contributed by atoms with Crippen LogP contribution in [0.5, 0.6) is 0 Å². The van der Waals surface area contributed by atoms with Crippen LogP contribution >= 0.6 is 0 Å². The smallest absolute Gasteiger partial charge is 0.147 e. The molecular formula is C13H13FO2. The van der Waals surface area contributed by atoms with Crippen molar-refractivity contribution in [2.45, 2.75) is 25.7 Å². The molecule has 2 nitrogen and oxygen atoms in total. The van der Waals surface area contributed by atoms with Gasteiger partial charge in [-0.1, -0.05) is 12.1 Å². The van der Waals surface area contributed by atoms with E-state index in [1.165, 1.54) is 12.1 Å². The summed E-state index contributed by atoms with van der Waals surface area (Å²) in [5.74, 6) is -0.819. The molecule has 0 amide bonds. The molecule has 1 aromatic carbocycles. The molecule has 0 spiro atoms. The third-order valence-corrected chi connectivity index (χ3v) is 2.96. The molecule has 1 fully saturated rings. The fraction of sp³-hybridized carbons (Fsp3) is 0.385. The molecular weight excluding hydrogens is 207 g/mol. The highest BCUT2D eigenvalue weighted by atomic mass is 19.1. The third-order valence-electron chi connectivity index (χ3n) is 2.96. The Bertz CT molecular complexity index is 426. The quantitative estimate of drug-likeness (QED) is 0.732. The fourth-order valence-electron chi connectivity index (χ4n) is 2.13. The molecule has 0 N–H and O–H groups in total. The van der Waals surface area contributed by atoms with Crippen LogP contribution in [0.4, 0.5) is 4.39 Å². The Labute approximate surface area is 93.5 Å². The first kappa shape index (κ1) is 11.0. The van der Waals surface area contributed by atoms with E-state index in [-0.39, 0.29) is 23.8 Å². The molecule has 84 valence electrons. The summed E-state index contributed by atoms with van der Waals surface area (Å²) < 4.78 is 12.9. The Kier molecular flexibility index (Phi) is 3.13. The zero-order valence-electron chi connectivity index (χ0n) is 8.91. The van der Waals surface area contributed by atoms with Crippen LogP contribution in [0.15, 0.2) is 24.3 Å². The molecule has 3 heteroatoms. The number of hydrogen-bond donors (Lipinski definition) is 0. The molecule has 1 atom stereocenters. The highest BCUT2D eigenvalue weighted by Crippen LogP contribution is 2.23. The van der Waals surface area contributed by atoms with Gasteiger partial charge in [0.1, 0.15) is 17.4 Å². The van der Waals surface area contributed by atoms with Gasteiger partial charge in [0.25, 0.3) is 0 Å². The maximum atomic E-state index is 12.9. The van der Waals surface area contributed by atoms with Crippen molar-refractivity contribution in [1.82, 2.24) is 0 Å². The Morgan fingerprint density at radius 2 is 2.25 bits per heavy atom. The van der Waals surface area contributed by atoms with Crippen molar-refractivity contribution in [2.24, 2.45) is 5.92 Å². The number of Topliss-reactive ketones (excluding diaryl/α,β-unsaturated/α-hetero) is 2. The average molecular weight is 220 g/mol. The number of hydrogen-bond acceptors (Lipinski definition) is 2. The molecule has 0 radical (unpaired) electrons. The summed E-state index contributed by atoms with van der Waals surface area (Å²) in [4.78, 5) is 23.2. The van der Waals surface area contributed by atoms with E-state index < -0.39 is 5.92 Å². The van der Waals surface area contributed by atoms with Gasteiger partial charge in [-0.2, -0.15) is 0 Å². The topological polar surface area (TPSA) is 34.1 Å². The monoisotopic (exact) mass is 220 g/mol. The summed E-state index contributed by atoms with van der Waals surface area (Å²) >= 11 is 0. The number of rotatable bonds is 3. The summed E-state index contributed by atoms with van der Waals surface area (Å²) in [6.07, 6.45) is 2.14. The van der Waals surface area contributed by atoms with Crippen LogP contribution in [0.25, 0.3) is 0 Å². The van der Waals surface area contributed by atoms with Gasteiger partial charge in [-0.15, -0.1) is 0 Å². The van der Waals surface area contributed by atoms with E-state index in [1.54, 1.807) is 12.1 Å². The van der Waals surface area contributed by atoms with E-state index in [4.69, 9.17) is 0 Å². The van der Waals surface area contributed by atoms with Crippen molar-refractivity contribution in [3.63, 3.8) is 0 Å². The zero-order chi connectivity index (χ0) is 11.5. The van der Waals surface area contributed by atoms with E-state index in [9.17, 15) is 14.0 Å². The second-order valence-corrected chi connectivity index (χ2v) is 4.18. The molecule has 2 rings (SSSR count). The molecule has 1 aromatic rings. The number of ketones is 2. The number of carbonyl (C=O) groups excluding carboxylic acids is 2. The minimum atomic E-state index is -0.441. The SMILES string of the molecule is O=C1CCCC1C(=O)Cc1cccc(F)c1. The van der Waals surface area contributed by atoms with Gasteiger partial charge in [-0.3, -0.25) is 9.59 Å². The summed E-state index contributed by atoms with van der Waals surface area (Å²) in [5, 5.41) is 0. The van der Waals surface area contributed by atoms with Crippen molar-refractivity contribution in [1.29, 1.82) is 0 Å². The molecule has 1 aliphatic rings. The van der Waals surface area contributed by atoms with Gasteiger partial charge < -0.3 is 0 Å². The molecule has 16 heavy (non-hydrogen) atoms. The predicted molar refractivity (Wildman–Crippen MR) is 57.5 cm³/mol. The van der Waals surface area contributed by atoms with Gasteiger partial charge in [-0.25, -0.2) is 4.39 Å². The highest BCUT2D eigenvalue weighted by Gasteiger charge is 2.30. The van der Waals surface area contributed by atoms with Crippen LogP contribution in [0.2, 0.25) is 0 Å². The normalized spacial score (nSPS) is 20.1. The first-order chi connectivity index (χ1) is 7.66. The second kappa shape index (κ2) is 4.56. The second-order valence-electron chi connectivity index (χ2n) is 4.18. The van der Waals surface area contributed by atoms with Crippen molar-refractivity contribution in [3.05, 3.63) is 35.6 Å². The van der Waals surface area contributed by atoms with Crippen LogP contribution < -0.4 is 0 Å². The molecule has 0 aromatic heterocycles. The van der Waals surface area contributed by atoms with Crippen molar-refractivity contribution >= 4 is 11.6 Å². The Balaban J connectivity index is 2.04. The van der Waals surface area contributed by atoms with Gasteiger partial charge in [0, 0.05) is 12.8 Å². The molecule has 0 bridgehead atoms. The largest absolute Gasteiger partial charge is 0.299 e. The Morgan fingerprint density at radius 3 is 2.88 bits per heavy atom. The number of carbonyl (C=O) groups is 2. The lowest BCUT2D eigenvalue weighted by Gasteiger charge is -2.06. The maximum absolute atomic E-state index is 12.9. The van der Waals surface area contributed by atoms with E-state index >= 15 is 0 Å². The lowest BCUT2D eigenvalue weighted by atomic mass is 9.96. The molecule has 1 saturated carbocycles. The molecule has 1 unspecified atom stereocenters. The van der Waals surface area contributed by atoms with E-state index in [1.807, 2.05) is 0 Å². The zero-order valence-corrected chi connectivity index (χ0v) is 8.91. The Hall–Kier alpha value is -1.51. The lowest BCUT2D eigenvalue weighted by molar-refractivity contribution is -0.130. The fourth-order valence-corrected chi connectivity index (χ4v) is 2.13. The molecule has 1 aliphatic carbocycles. The third kappa shape index (κ3) is 2.35. The summed E-state index contributed by atoms with van der Waals surface area (Å²) in [6.45, 7) is 0. The highest BCUT2D eigenvalue weighted by molar-refractivity contribution is 6.04. The molecule has 0 saturated heterocycles. The van der Waals surface area contributed by atoms with Gasteiger partial charge in [0.2, 0.25) is 0 Å².